The second kappa shape index (κ2) is 9.62. The number of benzene rings is 1. The Bertz CT molecular complexity index is 709. The van der Waals surface area contributed by atoms with Gasteiger partial charge in [-0.05, 0) is 43.5 Å². The zero-order chi connectivity index (χ0) is 16.8. The first-order chi connectivity index (χ1) is 11.0. The van der Waals surface area contributed by atoms with Crippen LogP contribution in [0.1, 0.15) is 37.5 Å². The van der Waals surface area contributed by atoms with E-state index in [1.807, 2.05) is 50.2 Å². The van der Waals surface area contributed by atoms with E-state index in [0.717, 1.165) is 16.7 Å². The number of aliphatic carboxylic acids is 1. The molecule has 0 saturated carbocycles. The van der Waals surface area contributed by atoms with E-state index in [1.54, 1.807) is 12.3 Å². The molecule has 0 fully saturated rings. The van der Waals surface area contributed by atoms with Crippen molar-refractivity contribution < 1.29 is 44.2 Å². The van der Waals surface area contributed by atoms with Crippen LogP contribution in [0.2, 0.25) is 0 Å². The van der Waals surface area contributed by atoms with Gasteiger partial charge in [0.1, 0.15) is 0 Å². The number of ether oxygens (including phenoxy) is 1. The van der Waals surface area contributed by atoms with Gasteiger partial charge in [-0.3, -0.25) is 0 Å². The fraction of sp³-hybridized carbons (Fsp3) is 0.263. The molecule has 1 heterocycles. The Morgan fingerprint density at radius 1 is 1.25 bits per heavy atom. The number of rotatable bonds is 6. The molecule has 0 saturated heterocycles. The number of carbonyl (C=O) groups is 1. The first-order valence-electron chi connectivity index (χ1n) is 7.55. The minimum absolute atomic E-state index is 0. The Morgan fingerprint density at radius 2 is 1.92 bits per heavy atom. The first-order valence-corrected chi connectivity index (χ1v) is 7.55. The van der Waals surface area contributed by atoms with Gasteiger partial charge in [-0.1, -0.05) is 36.4 Å². The molecule has 0 aliphatic rings. The summed E-state index contributed by atoms with van der Waals surface area (Å²) in [5, 5.41) is 10.7. The van der Waals surface area contributed by atoms with Crippen molar-refractivity contribution in [2.45, 2.75) is 33.3 Å². The van der Waals surface area contributed by atoms with E-state index >= 15 is 0 Å². The van der Waals surface area contributed by atoms with Gasteiger partial charge in [0.25, 0.3) is 0 Å². The predicted molar refractivity (Wildman–Crippen MR) is 87.9 cm³/mol. The molecule has 2 rings (SSSR count). The largest absolute Gasteiger partial charge is 1.00 e. The standard InChI is InChI=1S/C19H21NO3.Na/c1-13(2)23-18-17(5-4-10-20-18)12-16-8-6-15(7-9-16)11-14(3)19(21)22;/h4-11,13H,12H2,1-3H3,(H,21,22);/q;+1/p-1/b14-11+;. The van der Waals surface area contributed by atoms with Gasteiger partial charge in [0, 0.05) is 18.2 Å². The molecule has 0 aliphatic heterocycles. The fourth-order valence-electron chi connectivity index (χ4n) is 2.15. The van der Waals surface area contributed by atoms with Gasteiger partial charge < -0.3 is 14.6 Å². The van der Waals surface area contributed by atoms with Crippen LogP contribution in [0.5, 0.6) is 5.88 Å². The normalized spacial score (nSPS) is 11.1. The maximum atomic E-state index is 10.7. The molecule has 0 atom stereocenters. The minimum Gasteiger partial charge on any atom is -0.545 e. The number of pyridine rings is 1. The van der Waals surface area contributed by atoms with E-state index < -0.39 is 5.97 Å². The Kier molecular flexibility index (Phi) is 8.19. The number of carbonyl (C=O) groups excluding carboxylic acids is 1. The molecule has 0 radical (unpaired) electrons. The van der Waals surface area contributed by atoms with E-state index in [9.17, 15) is 9.90 Å². The summed E-state index contributed by atoms with van der Waals surface area (Å²) in [5.74, 6) is -0.501. The molecule has 1 aromatic heterocycles. The maximum absolute atomic E-state index is 10.7. The van der Waals surface area contributed by atoms with Gasteiger partial charge in [0.2, 0.25) is 5.88 Å². The summed E-state index contributed by atoms with van der Waals surface area (Å²) in [4.78, 5) is 15.0. The first kappa shape index (κ1) is 20.4. The van der Waals surface area contributed by atoms with Crippen molar-refractivity contribution in [3.63, 3.8) is 0 Å². The van der Waals surface area contributed by atoms with Crippen molar-refractivity contribution in [3.05, 3.63) is 64.9 Å². The van der Waals surface area contributed by atoms with Crippen molar-refractivity contribution in [1.29, 1.82) is 0 Å². The van der Waals surface area contributed by atoms with Gasteiger partial charge in [-0.25, -0.2) is 4.98 Å². The molecular formula is C19H20NNaO3. The molecule has 0 unspecified atom stereocenters. The van der Waals surface area contributed by atoms with E-state index in [0.29, 0.717) is 12.3 Å². The van der Waals surface area contributed by atoms with Crippen LogP contribution in [0.25, 0.3) is 6.08 Å². The molecule has 0 spiro atoms. The van der Waals surface area contributed by atoms with Gasteiger partial charge in [-0.2, -0.15) is 0 Å². The summed E-state index contributed by atoms with van der Waals surface area (Å²) in [6, 6.07) is 11.6. The number of carboxylic acids is 1. The SMILES string of the molecule is C/C(=C\c1ccc(Cc2cccnc2OC(C)C)cc1)C(=O)[O-].[Na+]. The number of hydrogen-bond acceptors (Lipinski definition) is 4. The van der Waals surface area contributed by atoms with Gasteiger partial charge in [0.15, 0.2) is 0 Å². The molecule has 4 nitrogen and oxygen atoms in total. The van der Waals surface area contributed by atoms with Crippen molar-refractivity contribution in [2.75, 3.05) is 0 Å². The van der Waals surface area contributed by atoms with E-state index in [2.05, 4.69) is 4.98 Å². The third-order valence-corrected chi connectivity index (χ3v) is 3.28. The molecule has 24 heavy (non-hydrogen) atoms. The third-order valence-electron chi connectivity index (χ3n) is 3.28. The van der Waals surface area contributed by atoms with Gasteiger partial charge in [0.05, 0.1) is 12.1 Å². The molecular weight excluding hydrogens is 313 g/mol. The topological polar surface area (TPSA) is 62.2 Å². The molecule has 120 valence electrons. The summed E-state index contributed by atoms with van der Waals surface area (Å²) in [6.45, 7) is 5.47. The van der Waals surface area contributed by atoms with Crippen LogP contribution >= 0.6 is 0 Å². The fourth-order valence-corrected chi connectivity index (χ4v) is 2.15. The minimum atomic E-state index is -1.15. The molecule has 0 N–H and O–H groups in total. The Balaban J connectivity index is 0.00000288. The van der Waals surface area contributed by atoms with Crippen molar-refractivity contribution in [3.8, 4) is 5.88 Å². The number of hydrogen-bond donors (Lipinski definition) is 0. The smallest absolute Gasteiger partial charge is 0.545 e. The van der Waals surface area contributed by atoms with Crippen LogP contribution in [0.4, 0.5) is 0 Å². The predicted octanol–water partition coefficient (Wildman–Crippen LogP) is -0.383. The number of carboxylic acid groups (broad SMARTS) is 1. The average Bonchev–Trinajstić information content (AvgIpc) is 2.50. The van der Waals surface area contributed by atoms with Gasteiger partial charge >= 0.3 is 29.6 Å². The van der Waals surface area contributed by atoms with Crippen LogP contribution in [0.15, 0.2) is 48.2 Å². The van der Waals surface area contributed by atoms with E-state index in [-0.39, 0.29) is 41.2 Å². The molecule has 1 aromatic carbocycles. The van der Waals surface area contributed by atoms with E-state index in [4.69, 9.17) is 4.74 Å². The number of aromatic nitrogens is 1. The zero-order valence-electron chi connectivity index (χ0n) is 14.6. The molecule has 0 bridgehead atoms. The summed E-state index contributed by atoms with van der Waals surface area (Å²) in [6.07, 6.45) is 4.09. The van der Waals surface area contributed by atoms with Crippen LogP contribution in [0, 0.1) is 0 Å². The second-order valence-electron chi connectivity index (χ2n) is 5.67. The molecule has 5 heteroatoms. The number of nitrogens with zero attached hydrogens (tertiary/aromatic N) is 1. The molecule has 0 aliphatic carbocycles. The quantitative estimate of drug-likeness (QED) is 0.534. The van der Waals surface area contributed by atoms with Crippen molar-refractivity contribution >= 4 is 12.0 Å². The monoisotopic (exact) mass is 333 g/mol. The maximum Gasteiger partial charge on any atom is 1.00 e. The van der Waals surface area contributed by atoms with E-state index in [1.165, 1.54) is 6.92 Å². The van der Waals surface area contributed by atoms with Crippen molar-refractivity contribution in [1.82, 2.24) is 4.98 Å². The average molecular weight is 333 g/mol. The molecule has 2 aromatic rings. The zero-order valence-corrected chi connectivity index (χ0v) is 16.6. The Hall–Kier alpha value is -1.62. The summed E-state index contributed by atoms with van der Waals surface area (Å²) < 4.78 is 5.73. The van der Waals surface area contributed by atoms with Gasteiger partial charge in [-0.15, -0.1) is 0 Å². The van der Waals surface area contributed by atoms with Crippen LogP contribution in [0.3, 0.4) is 0 Å². The van der Waals surface area contributed by atoms with Crippen LogP contribution < -0.4 is 39.4 Å². The van der Waals surface area contributed by atoms with Crippen LogP contribution in [-0.4, -0.2) is 17.1 Å². The molecule has 0 amide bonds. The second-order valence-corrected chi connectivity index (χ2v) is 5.67. The summed E-state index contributed by atoms with van der Waals surface area (Å²) >= 11 is 0. The van der Waals surface area contributed by atoms with Crippen LogP contribution in [-0.2, 0) is 11.2 Å². The van der Waals surface area contributed by atoms with Crippen molar-refractivity contribution in [2.24, 2.45) is 0 Å². The summed E-state index contributed by atoms with van der Waals surface area (Å²) in [5.41, 5.74) is 3.17. The Morgan fingerprint density at radius 3 is 2.50 bits per heavy atom. The Labute approximate surface area is 164 Å². The summed E-state index contributed by atoms with van der Waals surface area (Å²) in [7, 11) is 0. The third kappa shape index (κ3) is 6.11.